The first-order chi connectivity index (χ1) is 15.8. The number of phenols is 2. The third kappa shape index (κ3) is 7.45. The number of benzene rings is 2. The van der Waals surface area contributed by atoms with Gasteiger partial charge in [-0.3, -0.25) is 0 Å². The Hall–Kier alpha value is -2.61. The molecule has 3 rings (SSSR count). The molecule has 0 unspecified atom stereocenters. The van der Waals surface area contributed by atoms with Gasteiger partial charge in [0, 0.05) is 6.54 Å². The van der Waals surface area contributed by atoms with E-state index in [4.69, 9.17) is 0 Å². The molecule has 3 aromatic rings. The first-order valence-electron chi connectivity index (χ1n) is 10.5. The maximum atomic E-state index is 12.1. The van der Waals surface area contributed by atoms with E-state index in [0.717, 1.165) is 34.0 Å². The second kappa shape index (κ2) is 11.5. The number of nitrogens with one attached hydrogen (secondary N) is 1. The zero-order valence-electron chi connectivity index (χ0n) is 18.3. The predicted molar refractivity (Wildman–Crippen MR) is 130 cm³/mol. The average Bonchev–Trinajstić information content (AvgIpc) is 2.79. The number of nitrogens with zero attached hydrogens (tertiary/aromatic N) is 3. The van der Waals surface area contributed by atoms with Gasteiger partial charge in [0.15, 0.2) is 11.5 Å². The van der Waals surface area contributed by atoms with Crippen molar-refractivity contribution in [1.82, 2.24) is 14.3 Å². The van der Waals surface area contributed by atoms with Crippen molar-refractivity contribution in [1.29, 1.82) is 0 Å². The second-order valence-electron chi connectivity index (χ2n) is 7.64. The van der Waals surface area contributed by atoms with Crippen LogP contribution in [-0.2, 0) is 23.0 Å². The summed E-state index contributed by atoms with van der Waals surface area (Å²) in [5.41, 5.74) is 3.37. The van der Waals surface area contributed by atoms with E-state index in [2.05, 4.69) is 32.1 Å². The van der Waals surface area contributed by atoms with Crippen LogP contribution in [0, 0.1) is 0 Å². The van der Waals surface area contributed by atoms with Crippen LogP contribution in [0.2, 0.25) is 5.21 Å². The minimum absolute atomic E-state index is 0.144. The third-order valence-electron chi connectivity index (χ3n) is 5.01. The minimum atomic E-state index is -3.30. The summed E-state index contributed by atoms with van der Waals surface area (Å²) in [6.07, 6.45) is 4.32. The molecule has 174 valence electrons. The fourth-order valence-electron chi connectivity index (χ4n) is 3.29. The van der Waals surface area contributed by atoms with E-state index in [1.165, 1.54) is 22.7 Å². The molecule has 0 saturated heterocycles. The quantitative estimate of drug-likeness (QED) is 0.258. The van der Waals surface area contributed by atoms with E-state index in [1.807, 2.05) is 30.3 Å². The molecule has 3 N–H and O–H groups in total. The molecule has 0 aliphatic carbocycles. The van der Waals surface area contributed by atoms with Gasteiger partial charge in [-0.2, -0.15) is 0 Å². The number of rotatable bonds is 11. The number of anilines is 1. The van der Waals surface area contributed by atoms with E-state index in [1.54, 1.807) is 12.3 Å². The Labute approximate surface area is 203 Å². The molecule has 0 bridgehead atoms. The molecule has 10 heteroatoms. The van der Waals surface area contributed by atoms with Crippen molar-refractivity contribution in [2.24, 2.45) is 0 Å². The SMILES string of the molecule is CS(=O)(=O)N(CCC[As])Cc1cccc(-c2ccnc(NCCc3ccc(O)c(O)c3)n2)c1. The molecule has 1 heterocycles. The summed E-state index contributed by atoms with van der Waals surface area (Å²) in [4.78, 5) is 8.84. The van der Waals surface area contributed by atoms with Crippen LogP contribution in [0.25, 0.3) is 11.3 Å². The third-order valence-corrected chi connectivity index (χ3v) is 6.92. The predicted octanol–water partition coefficient (Wildman–Crippen LogP) is 2.95. The number of hydrogen-bond acceptors (Lipinski definition) is 7. The monoisotopic (exact) mass is 530 g/mol. The van der Waals surface area contributed by atoms with Gasteiger partial charge in [0.25, 0.3) is 0 Å². The van der Waals surface area contributed by atoms with Crippen LogP contribution in [0.4, 0.5) is 5.95 Å². The van der Waals surface area contributed by atoms with E-state index in [-0.39, 0.29) is 11.5 Å². The summed E-state index contributed by atoms with van der Waals surface area (Å²) in [5.74, 6) is 0.183. The summed E-state index contributed by atoms with van der Waals surface area (Å²) in [6, 6.07) is 14.2. The molecule has 0 aliphatic rings. The molecule has 0 spiro atoms. The Kier molecular flexibility index (Phi) is 8.72. The van der Waals surface area contributed by atoms with Crippen molar-refractivity contribution in [3.8, 4) is 22.8 Å². The standard InChI is InChI=1S/C23H27AsN4O4S/c1-33(31,32)28(13-3-10-24)16-18-4-2-5-19(14-18)20-9-12-26-23(27-20)25-11-8-17-6-7-21(29)22(30)15-17/h2,4-7,9,12,14-15,29-30H,3,8,10-11,13,16H2,1H3,(H,25,26,27). The molecule has 2 radical (unpaired) electrons. The van der Waals surface area contributed by atoms with E-state index in [0.29, 0.717) is 32.0 Å². The summed E-state index contributed by atoms with van der Waals surface area (Å²) < 4.78 is 25.8. The number of sulfonamides is 1. The van der Waals surface area contributed by atoms with Crippen molar-refractivity contribution < 1.29 is 18.6 Å². The maximum absolute atomic E-state index is 12.1. The molecule has 8 nitrogen and oxygen atoms in total. The van der Waals surface area contributed by atoms with Gasteiger partial charge in [-0.05, 0) is 24.1 Å². The van der Waals surface area contributed by atoms with Gasteiger partial charge >= 0.3 is 145 Å². The Morgan fingerprint density at radius 2 is 1.88 bits per heavy atom. The molecular formula is C23H27AsN4O4S. The summed E-state index contributed by atoms with van der Waals surface area (Å²) in [7, 11) is -3.30. The van der Waals surface area contributed by atoms with Gasteiger partial charge in [-0.1, -0.05) is 6.07 Å². The molecule has 0 atom stereocenters. The van der Waals surface area contributed by atoms with Crippen molar-refractivity contribution in [3.05, 3.63) is 65.9 Å². The Morgan fingerprint density at radius 1 is 1.06 bits per heavy atom. The average molecular weight is 530 g/mol. The van der Waals surface area contributed by atoms with Crippen molar-refractivity contribution in [2.75, 3.05) is 24.7 Å². The molecule has 0 saturated carbocycles. The van der Waals surface area contributed by atoms with E-state index in [9.17, 15) is 18.6 Å². The number of phenolic OH excluding ortho intramolecular Hbond substituents is 2. The zero-order valence-corrected chi connectivity index (χ0v) is 21.0. The molecular weight excluding hydrogens is 503 g/mol. The van der Waals surface area contributed by atoms with Gasteiger partial charge in [0.05, 0.1) is 0 Å². The number of aromatic nitrogens is 2. The first kappa shape index (κ1) is 25.0. The van der Waals surface area contributed by atoms with E-state index < -0.39 is 10.0 Å². The topological polar surface area (TPSA) is 116 Å². The van der Waals surface area contributed by atoms with Crippen molar-refractivity contribution in [3.63, 3.8) is 0 Å². The molecule has 0 aliphatic heterocycles. The zero-order chi connectivity index (χ0) is 23.8. The van der Waals surface area contributed by atoms with Gasteiger partial charge < -0.3 is 10.2 Å². The van der Waals surface area contributed by atoms with Gasteiger partial charge in [-0.15, -0.1) is 0 Å². The molecule has 1 aromatic heterocycles. The fourth-order valence-corrected chi connectivity index (χ4v) is 4.43. The molecule has 2 aromatic carbocycles. The Morgan fingerprint density at radius 3 is 2.61 bits per heavy atom. The summed E-state index contributed by atoms with van der Waals surface area (Å²) in [5, 5.41) is 23.1. The number of aromatic hydroxyl groups is 2. The van der Waals surface area contributed by atoms with Crippen LogP contribution in [0.3, 0.4) is 0 Å². The Bertz CT molecular complexity index is 1190. The van der Waals surface area contributed by atoms with Crippen molar-refractivity contribution in [2.45, 2.75) is 24.6 Å². The fraction of sp³-hybridized carbons (Fsp3) is 0.304. The van der Waals surface area contributed by atoms with Crippen LogP contribution in [0.5, 0.6) is 11.5 Å². The summed E-state index contributed by atoms with van der Waals surface area (Å²) in [6.45, 7) is 1.35. The summed E-state index contributed by atoms with van der Waals surface area (Å²) >= 11 is 2.48. The van der Waals surface area contributed by atoms with Crippen LogP contribution in [0.1, 0.15) is 17.5 Å². The van der Waals surface area contributed by atoms with Crippen LogP contribution >= 0.6 is 0 Å². The van der Waals surface area contributed by atoms with Gasteiger partial charge in [-0.25, -0.2) is 0 Å². The van der Waals surface area contributed by atoms with Crippen LogP contribution < -0.4 is 5.32 Å². The molecule has 33 heavy (non-hydrogen) atoms. The molecule has 0 fully saturated rings. The van der Waals surface area contributed by atoms with Gasteiger partial charge in [0.2, 0.25) is 0 Å². The molecule has 0 amide bonds. The Balaban J connectivity index is 1.68. The van der Waals surface area contributed by atoms with Gasteiger partial charge in [0.1, 0.15) is 0 Å². The second-order valence-corrected chi connectivity index (χ2v) is 10.6. The number of hydrogen-bond donors (Lipinski definition) is 3. The van der Waals surface area contributed by atoms with Crippen LogP contribution in [-0.4, -0.2) is 69.1 Å². The van der Waals surface area contributed by atoms with Crippen LogP contribution in [0.15, 0.2) is 54.7 Å². The first-order valence-corrected chi connectivity index (χ1v) is 13.7. The van der Waals surface area contributed by atoms with Crippen molar-refractivity contribution >= 4 is 32.8 Å². The van der Waals surface area contributed by atoms with E-state index >= 15 is 0 Å². The normalized spacial score (nSPS) is 11.6.